The van der Waals surface area contributed by atoms with Gasteiger partial charge in [0.15, 0.2) is 5.82 Å². The van der Waals surface area contributed by atoms with Gasteiger partial charge in [-0.25, -0.2) is 0 Å². The summed E-state index contributed by atoms with van der Waals surface area (Å²) in [5.74, 6) is 1.68. The average Bonchev–Trinajstić information content (AvgIpc) is 4.11. The van der Waals surface area contributed by atoms with Crippen LogP contribution in [0.5, 0.6) is 0 Å². The van der Waals surface area contributed by atoms with E-state index in [2.05, 4.69) is 213 Å². The number of hydrogen-bond acceptors (Lipinski definition) is 3. The van der Waals surface area contributed by atoms with Crippen molar-refractivity contribution in [2.24, 2.45) is 0 Å². The molecule has 7 heteroatoms. The third-order valence-corrected chi connectivity index (χ3v) is 13.6. The van der Waals surface area contributed by atoms with Gasteiger partial charge in [0.25, 0.3) is 0 Å². The van der Waals surface area contributed by atoms with Gasteiger partial charge in [-0.3, -0.25) is 9.13 Å². The van der Waals surface area contributed by atoms with Gasteiger partial charge in [-0.1, -0.05) is 140 Å². The highest BCUT2D eigenvalue weighted by Gasteiger charge is 2.23. The molecule has 0 saturated carbocycles. The van der Waals surface area contributed by atoms with Gasteiger partial charge in [0.2, 0.25) is 11.9 Å². The molecule has 0 unspecified atom stereocenters. The molecular formula is C60H39N7. The van der Waals surface area contributed by atoms with Gasteiger partial charge in [0.05, 0.1) is 44.1 Å². The van der Waals surface area contributed by atoms with E-state index >= 15 is 0 Å². The van der Waals surface area contributed by atoms with Gasteiger partial charge in [-0.05, 0) is 84.8 Å². The van der Waals surface area contributed by atoms with Crippen LogP contribution in [-0.2, 0) is 6.42 Å². The summed E-state index contributed by atoms with van der Waals surface area (Å²) < 4.78 is 9.17. The van der Waals surface area contributed by atoms with Crippen molar-refractivity contribution in [3.63, 3.8) is 0 Å². The second-order valence-corrected chi connectivity index (χ2v) is 17.3. The molecule has 314 valence electrons. The molecule has 0 saturated heterocycles. The Labute approximate surface area is 384 Å². The van der Waals surface area contributed by atoms with Crippen molar-refractivity contribution in [3.05, 3.63) is 224 Å². The topological polar surface area (TPSA) is 58.4 Å². The summed E-state index contributed by atoms with van der Waals surface area (Å²) in [6.07, 6.45) is 2.77. The Bertz CT molecular complexity index is 4280. The predicted octanol–water partition coefficient (Wildman–Crippen LogP) is 14.7. The van der Waals surface area contributed by atoms with Gasteiger partial charge >= 0.3 is 0 Å². The largest absolute Gasteiger partial charge is 0.309 e. The normalized spacial score (nSPS) is 12.0. The Kier molecular flexibility index (Phi) is 8.06. The SMILES string of the molecule is C=CCc1ccc2c3ccccc3n(-c3ccc4c(c3)c3ccccc3n4-c3nc(-c4ccccc4)nc(-n4c5ccccc5c5cc(-n6c7ccccc7c7ccccc76)ccc54)n3)c2c1. The molecule has 5 aromatic heterocycles. The summed E-state index contributed by atoms with van der Waals surface area (Å²) in [5, 5.41) is 9.38. The van der Waals surface area contributed by atoms with Crippen LogP contribution in [0.25, 0.3) is 122 Å². The van der Waals surface area contributed by atoms with Crippen LogP contribution in [0.2, 0.25) is 0 Å². The van der Waals surface area contributed by atoms with Crippen molar-refractivity contribution in [1.82, 2.24) is 33.2 Å². The molecule has 0 aliphatic heterocycles. The highest BCUT2D eigenvalue weighted by Crippen LogP contribution is 2.40. The van der Waals surface area contributed by atoms with Gasteiger partial charge in [0, 0.05) is 60.0 Å². The third-order valence-electron chi connectivity index (χ3n) is 13.6. The third kappa shape index (κ3) is 5.55. The molecule has 0 N–H and O–H groups in total. The summed E-state index contributed by atoms with van der Waals surface area (Å²) in [6.45, 7) is 4.02. The molecule has 0 spiro atoms. The Morgan fingerprint density at radius 3 is 1.19 bits per heavy atom. The van der Waals surface area contributed by atoms with Crippen LogP contribution in [-0.4, -0.2) is 33.2 Å². The Balaban J connectivity index is 1.00. The molecule has 0 fully saturated rings. The van der Waals surface area contributed by atoms with E-state index < -0.39 is 0 Å². The van der Waals surface area contributed by atoms with Crippen molar-refractivity contribution < 1.29 is 0 Å². The van der Waals surface area contributed by atoms with E-state index in [0.29, 0.717) is 17.7 Å². The lowest BCUT2D eigenvalue weighted by atomic mass is 10.1. The lowest BCUT2D eigenvalue weighted by Crippen LogP contribution is -2.10. The molecule has 0 aliphatic rings. The molecule has 0 radical (unpaired) electrons. The predicted molar refractivity (Wildman–Crippen MR) is 277 cm³/mol. The maximum Gasteiger partial charge on any atom is 0.240 e. The standard InChI is InChI=1S/C60H39N7/c1-2-16-38-29-32-47-44-21-8-13-26-52(44)65(57(47)35-38)41-31-34-56-49(37-41)46-23-10-15-28-54(46)67(56)60-62-58(39-17-4-3-5-18-39)61-59(63-60)66-53-27-14-9-22-45(53)48-36-40(30-33-55(48)66)64-50-24-11-6-19-42(50)43-20-7-12-25-51(43)64/h2-15,17-37H,1,16H2. The number of fused-ring (bicyclic) bond motifs is 12. The van der Waals surface area contributed by atoms with E-state index in [4.69, 9.17) is 15.0 Å². The molecule has 0 amide bonds. The maximum atomic E-state index is 5.47. The number of hydrogen-bond donors (Lipinski definition) is 0. The number of allylic oxidation sites excluding steroid dienone is 1. The molecule has 67 heavy (non-hydrogen) atoms. The maximum absolute atomic E-state index is 5.47. The first-order valence-corrected chi connectivity index (χ1v) is 22.7. The Morgan fingerprint density at radius 1 is 0.328 bits per heavy atom. The zero-order valence-electron chi connectivity index (χ0n) is 36.3. The summed E-state index contributed by atoms with van der Waals surface area (Å²) in [5.41, 5.74) is 13.1. The van der Waals surface area contributed by atoms with E-state index in [0.717, 1.165) is 67.0 Å². The first-order chi connectivity index (χ1) is 33.2. The van der Waals surface area contributed by atoms with Crippen LogP contribution in [0.4, 0.5) is 0 Å². The van der Waals surface area contributed by atoms with E-state index in [1.165, 1.54) is 49.2 Å². The smallest absolute Gasteiger partial charge is 0.240 e. The van der Waals surface area contributed by atoms with Crippen molar-refractivity contribution in [2.75, 3.05) is 0 Å². The molecule has 14 rings (SSSR count). The summed E-state index contributed by atoms with van der Waals surface area (Å²) in [7, 11) is 0. The molecule has 9 aromatic carbocycles. The molecule has 0 aliphatic carbocycles. The number of benzene rings is 9. The van der Waals surface area contributed by atoms with Crippen molar-refractivity contribution >= 4 is 87.2 Å². The van der Waals surface area contributed by atoms with Crippen LogP contribution in [0, 0.1) is 0 Å². The van der Waals surface area contributed by atoms with Crippen LogP contribution in [0.15, 0.2) is 219 Å². The monoisotopic (exact) mass is 857 g/mol. The molecular weight excluding hydrogens is 819 g/mol. The van der Waals surface area contributed by atoms with Crippen LogP contribution < -0.4 is 0 Å². The van der Waals surface area contributed by atoms with Crippen LogP contribution in [0.1, 0.15) is 5.56 Å². The first-order valence-electron chi connectivity index (χ1n) is 22.7. The fourth-order valence-corrected chi connectivity index (χ4v) is 10.7. The fourth-order valence-electron chi connectivity index (χ4n) is 10.7. The van der Waals surface area contributed by atoms with E-state index in [1.54, 1.807) is 0 Å². The van der Waals surface area contributed by atoms with Gasteiger partial charge in [-0.15, -0.1) is 6.58 Å². The van der Waals surface area contributed by atoms with Crippen molar-refractivity contribution in [3.8, 4) is 34.7 Å². The summed E-state index contributed by atoms with van der Waals surface area (Å²) in [4.78, 5) is 16.1. The first kappa shape index (κ1) is 37.3. The highest BCUT2D eigenvalue weighted by molar-refractivity contribution is 6.14. The number of rotatable bonds is 7. The molecule has 5 heterocycles. The quantitative estimate of drug-likeness (QED) is 0.150. The fraction of sp³-hybridized carbons (Fsp3) is 0.0167. The minimum atomic E-state index is 0.543. The number of nitrogens with zero attached hydrogens (tertiary/aromatic N) is 7. The molecule has 0 bridgehead atoms. The summed E-state index contributed by atoms with van der Waals surface area (Å²) >= 11 is 0. The second-order valence-electron chi connectivity index (χ2n) is 17.3. The van der Waals surface area contributed by atoms with E-state index in [9.17, 15) is 0 Å². The Morgan fingerprint density at radius 2 is 0.716 bits per heavy atom. The van der Waals surface area contributed by atoms with E-state index in [1.807, 2.05) is 24.3 Å². The zero-order valence-corrected chi connectivity index (χ0v) is 36.3. The average molecular weight is 858 g/mol. The minimum Gasteiger partial charge on any atom is -0.309 e. The lowest BCUT2D eigenvalue weighted by Gasteiger charge is -2.13. The molecule has 14 aromatic rings. The second kappa shape index (κ2) is 14.5. The Hall–Kier alpha value is -9.07. The van der Waals surface area contributed by atoms with E-state index in [-0.39, 0.29) is 0 Å². The molecule has 0 atom stereocenters. The zero-order chi connectivity index (χ0) is 44.2. The van der Waals surface area contributed by atoms with Gasteiger partial charge in [0.1, 0.15) is 0 Å². The number of para-hydroxylation sites is 5. The van der Waals surface area contributed by atoms with Crippen LogP contribution in [0.3, 0.4) is 0 Å². The van der Waals surface area contributed by atoms with Gasteiger partial charge < -0.3 is 9.13 Å². The molecule has 7 nitrogen and oxygen atoms in total. The van der Waals surface area contributed by atoms with Crippen molar-refractivity contribution in [1.29, 1.82) is 0 Å². The minimum absolute atomic E-state index is 0.543. The highest BCUT2D eigenvalue weighted by atomic mass is 15.3. The summed E-state index contributed by atoms with van der Waals surface area (Å²) in [6, 6.07) is 73.7. The van der Waals surface area contributed by atoms with Crippen LogP contribution >= 0.6 is 0 Å². The lowest BCUT2D eigenvalue weighted by molar-refractivity contribution is 0.892. The van der Waals surface area contributed by atoms with Crippen molar-refractivity contribution in [2.45, 2.75) is 6.42 Å². The number of aromatic nitrogens is 7. The van der Waals surface area contributed by atoms with Gasteiger partial charge in [-0.2, -0.15) is 15.0 Å².